The van der Waals surface area contributed by atoms with Gasteiger partial charge in [0.1, 0.15) is 6.26 Å². The molecule has 0 atom stereocenters. The highest BCUT2D eigenvalue weighted by Gasteiger charge is 1.77. The van der Waals surface area contributed by atoms with E-state index in [0.29, 0.717) is 5.56 Å². The predicted octanol–water partition coefficient (Wildman–Crippen LogP) is 4.92. The summed E-state index contributed by atoms with van der Waals surface area (Å²) < 4.78 is 8.51. The van der Waals surface area contributed by atoms with Crippen molar-refractivity contribution in [3.05, 3.63) is 96.1 Å². The minimum Gasteiger partial charge on any atom is -0.347 e. The molecule has 0 aliphatic heterocycles. The minimum absolute atomic E-state index is 0. The fourth-order valence-corrected chi connectivity index (χ4v) is 1.44. The van der Waals surface area contributed by atoms with E-state index in [-0.39, 0.29) is 12.4 Å². The summed E-state index contributed by atoms with van der Waals surface area (Å²) in [6.45, 7) is 0. The number of rotatable bonds is 0. The van der Waals surface area contributed by atoms with E-state index < -0.39 is 0 Å². The van der Waals surface area contributed by atoms with Gasteiger partial charge < -0.3 is 4.52 Å². The summed E-state index contributed by atoms with van der Waals surface area (Å²) in [6, 6.07) is 25.7. The molecule has 0 amide bonds. The third kappa shape index (κ3) is 12.8. The van der Waals surface area contributed by atoms with Crippen molar-refractivity contribution >= 4 is 23.9 Å². The Morgan fingerprint density at radius 3 is 2.04 bits per heavy atom. The zero-order valence-corrected chi connectivity index (χ0v) is 13.9. The van der Waals surface area contributed by atoms with Gasteiger partial charge in [0.15, 0.2) is 0 Å². The topological polar surface area (TPSA) is 62.7 Å². The molecule has 0 aliphatic rings. The Kier molecular flexibility index (Phi) is 13.9. The first-order chi connectivity index (χ1) is 10.9. The van der Waals surface area contributed by atoms with Crippen LogP contribution in [-0.4, -0.2) is 9.76 Å². The van der Waals surface area contributed by atoms with Gasteiger partial charge >= 0.3 is 0 Å². The van der Waals surface area contributed by atoms with Crippen LogP contribution in [0, 0.1) is 11.3 Å². The fourth-order valence-electron chi connectivity index (χ4n) is 1.15. The maximum Gasteiger partial charge on any atom is 0.124 e. The van der Waals surface area contributed by atoms with E-state index in [1.54, 1.807) is 35.7 Å². The van der Waals surface area contributed by atoms with Crippen LogP contribution in [0.4, 0.5) is 0 Å². The second kappa shape index (κ2) is 15.7. The number of hydrogen-bond acceptors (Lipinski definition) is 5. The molecule has 0 bridgehead atoms. The highest BCUT2D eigenvalue weighted by molar-refractivity contribution is 7.03. The summed E-state index contributed by atoms with van der Waals surface area (Å²) in [7, 11) is 0. The molecule has 0 saturated carbocycles. The van der Waals surface area contributed by atoms with E-state index >= 15 is 0 Å². The molecule has 0 aliphatic carbocycles. The molecular weight excluding hydrogens is 330 g/mol. The van der Waals surface area contributed by atoms with Crippen molar-refractivity contribution in [2.75, 3.05) is 0 Å². The molecule has 4 nitrogen and oxygen atoms in total. The average Bonchev–Trinajstić information content (AvgIpc) is 2.54. The zero-order valence-electron chi connectivity index (χ0n) is 12.2. The molecule has 0 aromatic carbocycles. The van der Waals surface area contributed by atoms with Gasteiger partial charge in [-0.15, -0.1) is 12.4 Å². The molecule has 1 aromatic rings. The molecule has 1 heterocycles. The number of halogens is 1. The molecule has 118 valence electrons. The van der Waals surface area contributed by atoms with Crippen LogP contribution in [0.25, 0.3) is 0 Å². The van der Waals surface area contributed by atoms with Crippen molar-refractivity contribution < 1.29 is 4.52 Å². The maximum atomic E-state index is 8.98. The lowest BCUT2D eigenvalue weighted by molar-refractivity contribution is 0.374. The Balaban J connectivity index is 0.00000484. The van der Waals surface area contributed by atoms with E-state index in [2.05, 4.69) is 15.8 Å². The lowest BCUT2D eigenvalue weighted by atomic mass is 10.3. The van der Waals surface area contributed by atoms with Crippen LogP contribution in [0.2, 0.25) is 0 Å². The van der Waals surface area contributed by atoms with E-state index in [1.807, 2.05) is 48.5 Å². The summed E-state index contributed by atoms with van der Waals surface area (Å²) in [5.41, 5.74) is 0.558. The summed E-state index contributed by atoms with van der Waals surface area (Å²) in [4.78, 5) is 0. The normalized spacial score (nSPS) is 7.61. The van der Waals surface area contributed by atoms with Crippen molar-refractivity contribution in [1.29, 1.82) is 5.26 Å². The van der Waals surface area contributed by atoms with Crippen LogP contribution in [0.1, 0.15) is 5.56 Å². The average molecular weight is 346 g/mol. The maximum absolute atomic E-state index is 8.98. The molecule has 0 spiro atoms. The third-order valence-electron chi connectivity index (χ3n) is 2.09. The first-order valence-corrected chi connectivity index (χ1v) is 7.26. The molecule has 0 fully saturated rings. The van der Waals surface area contributed by atoms with E-state index in [1.165, 1.54) is 6.26 Å². The number of hydrogen-bond donors (Lipinski definition) is 0. The molecule has 1 aromatic heterocycles. The van der Waals surface area contributed by atoms with Gasteiger partial charge in [0.05, 0.1) is 11.6 Å². The summed E-state index contributed by atoms with van der Waals surface area (Å²) >= 11 is 1.12. The lowest BCUT2D eigenvalue weighted by Crippen LogP contribution is -1.63. The molecular formula is C17H16ClN3OS. The standard InChI is InChI=1S/C17H15N3OS.ClH/c18-16-17-12-8-6-4-2-1-3-5-7-10-14-21-19-20-22-15-11-9-13-17;/h1-15H;1H. The van der Waals surface area contributed by atoms with Crippen LogP contribution < -0.4 is 0 Å². The molecule has 0 radical (unpaired) electrons. The van der Waals surface area contributed by atoms with Crippen LogP contribution in [-0.2, 0) is 0 Å². The van der Waals surface area contributed by atoms with Gasteiger partial charge in [-0.25, -0.2) is 0 Å². The molecule has 0 unspecified atom stereocenters. The SMILES string of the molecule is Cl.N#Cc1ccccccccccconnscccc1. The van der Waals surface area contributed by atoms with E-state index in [9.17, 15) is 0 Å². The van der Waals surface area contributed by atoms with Gasteiger partial charge in [-0.05, 0) is 29.7 Å². The van der Waals surface area contributed by atoms with Gasteiger partial charge in [0, 0.05) is 10.7 Å². The Labute approximate surface area is 145 Å². The van der Waals surface area contributed by atoms with E-state index in [0.717, 1.165) is 11.5 Å². The quantitative estimate of drug-likeness (QED) is 0.669. The van der Waals surface area contributed by atoms with Gasteiger partial charge in [-0.3, -0.25) is 0 Å². The van der Waals surface area contributed by atoms with Crippen molar-refractivity contribution in [1.82, 2.24) is 9.76 Å². The van der Waals surface area contributed by atoms with Crippen molar-refractivity contribution in [3.8, 4) is 6.07 Å². The Bertz CT molecular complexity index is 656. The Morgan fingerprint density at radius 2 is 1.39 bits per heavy atom. The van der Waals surface area contributed by atoms with Gasteiger partial charge in [0.25, 0.3) is 0 Å². The molecule has 1 rings (SSSR count). The zero-order chi connectivity index (χ0) is 15.7. The molecule has 6 heteroatoms. The van der Waals surface area contributed by atoms with Gasteiger partial charge in [-0.1, -0.05) is 65.2 Å². The molecule has 0 N–H and O–H groups in total. The number of aromatic nitrogens is 2. The van der Waals surface area contributed by atoms with Crippen molar-refractivity contribution in [3.63, 3.8) is 0 Å². The monoisotopic (exact) mass is 345 g/mol. The number of nitriles is 1. The highest BCUT2D eigenvalue weighted by Crippen LogP contribution is 1.90. The van der Waals surface area contributed by atoms with Crippen molar-refractivity contribution in [2.24, 2.45) is 0 Å². The first kappa shape index (κ1) is 20.3. The minimum atomic E-state index is 0. The van der Waals surface area contributed by atoms with Gasteiger partial charge in [0.2, 0.25) is 0 Å². The van der Waals surface area contributed by atoms with Crippen LogP contribution in [0.5, 0.6) is 0 Å². The largest absolute Gasteiger partial charge is 0.347 e. The second-order valence-electron chi connectivity index (χ2n) is 3.66. The molecule has 0 saturated heterocycles. The molecule has 23 heavy (non-hydrogen) atoms. The second-order valence-corrected chi connectivity index (χ2v) is 4.31. The smallest absolute Gasteiger partial charge is 0.124 e. The summed E-state index contributed by atoms with van der Waals surface area (Å²) in [6.07, 6.45) is 1.43. The van der Waals surface area contributed by atoms with Crippen LogP contribution in [0.3, 0.4) is 0 Å². The Hall–Kier alpha value is -2.68. The van der Waals surface area contributed by atoms with Crippen LogP contribution in [0.15, 0.2) is 95.0 Å². The lowest BCUT2D eigenvalue weighted by Gasteiger charge is -1.76. The van der Waals surface area contributed by atoms with Crippen molar-refractivity contribution in [2.45, 2.75) is 0 Å². The highest BCUT2D eigenvalue weighted by atomic mass is 35.5. The van der Waals surface area contributed by atoms with E-state index in [4.69, 9.17) is 9.78 Å². The van der Waals surface area contributed by atoms with Gasteiger partial charge in [-0.2, -0.15) is 5.26 Å². The Morgan fingerprint density at radius 1 is 0.826 bits per heavy atom. The summed E-state index contributed by atoms with van der Waals surface area (Å²) in [5.74, 6) is 0. The van der Waals surface area contributed by atoms with Crippen LogP contribution >= 0.6 is 23.9 Å². The third-order valence-corrected chi connectivity index (χ3v) is 2.53. The summed E-state index contributed by atoms with van der Waals surface area (Å²) in [5, 5.41) is 14.2. The first-order valence-electron chi connectivity index (χ1n) is 6.42. The fraction of sp³-hybridized carbons (Fsp3) is 0. The number of nitrogens with zero attached hydrogens (tertiary/aromatic N) is 3. The predicted molar refractivity (Wildman–Crippen MR) is 94.7 cm³/mol.